The van der Waals surface area contributed by atoms with E-state index in [-0.39, 0.29) is 17.7 Å². The van der Waals surface area contributed by atoms with Crippen LogP contribution >= 0.6 is 0 Å². The highest BCUT2D eigenvalue weighted by Gasteiger charge is 2.29. The lowest BCUT2D eigenvalue weighted by Gasteiger charge is -2.34. The van der Waals surface area contributed by atoms with Crippen LogP contribution < -0.4 is 5.32 Å². The van der Waals surface area contributed by atoms with Crippen molar-refractivity contribution in [3.63, 3.8) is 0 Å². The molecule has 1 aliphatic carbocycles. The SMILES string of the molecule is Cc1cccc(C(=O)NCC2CCCN(C(=O)C3CC=CC3)C2)n1. The summed E-state index contributed by atoms with van der Waals surface area (Å²) in [7, 11) is 0. The zero-order valence-electron chi connectivity index (χ0n) is 14.2. The van der Waals surface area contributed by atoms with E-state index in [1.807, 2.05) is 24.0 Å². The third-order valence-corrected chi connectivity index (χ3v) is 4.86. The minimum absolute atomic E-state index is 0.134. The second kappa shape index (κ2) is 7.60. The molecular formula is C19H25N3O2. The zero-order valence-corrected chi connectivity index (χ0v) is 14.2. The Kier molecular flexibility index (Phi) is 5.28. The number of amides is 2. The number of hydrogen-bond donors (Lipinski definition) is 1. The third-order valence-electron chi connectivity index (χ3n) is 4.86. The summed E-state index contributed by atoms with van der Waals surface area (Å²) < 4.78 is 0. The van der Waals surface area contributed by atoms with E-state index in [1.54, 1.807) is 6.07 Å². The summed E-state index contributed by atoms with van der Waals surface area (Å²) in [5, 5.41) is 2.97. The second-order valence-electron chi connectivity index (χ2n) is 6.81. The predicted octanol–water partition coefficient (Wildman–Crippen LogP) is 2.32. The quantitative estimate of drug-likeness (QED) is 0.863. The Balaban J connectivity index is 1.50. The maximum Gasteiger partial charge on any atom is 0.269 e. The molecule has 1 unspecified atom stereocenters. The van der Waals surface area contributed by atoms with Gasteiger partial charge in [0.1, 0.15) is 5.69 Å². The van der Waals surface area contributed by atoms with E-state index in [9.17, 15) is 9.59 Å². The highest BCUT2D eigenvalue weighted by molar-refractivity contribution is 5.92. The molecule has 1 atom stereocenters. The van der Waals surface area contributed by atoms with Crippen LogP contribution in [0, 0.1) is 18.8 Å². The molecule has 2 heterocycles. The van der Waals surface area contributed by atoms with Crippen LogP contribution in [0.2, 0.25) is 0 Å². The van der Waals surface area contributed by atoms with Crippen LogP contribution in [0.3, 0.4) is 0 Å². The van der Waals surface area contributed by atoms with Crippen LogP contribution in [0.15, 0.2) is 30.4 Å². The van der Waals surface area contributed by atoms with Crippen molar-refractivity contribution in [2.24, 2.45) is 11.8 Å². The molecule has 5 nitrogen and oxygen atoms in total. The standard InChI is InChI=1S/C19H25N3O2/c1-14-6-4-10-17(21-14)18(23)20-12-15-7-5-11-22(13-15)19(24)16-8-2-3-9-16/h2-4,6,10,15-16H,5,7-9,11-13H2,1H3,(H,20,23). The highest BCUT2D eigenvalue weighted by atomic mass is 16.2. The van der Waals surface area contributed by atoms with Crippen LogP contribution in [0.25, 0.3) is 0 Å². The van der Waals surface area contributed by atoms with Gasteiger partial charge in [0, 0.05) is 31.2 Å². The summed E-state index contributed by atoms with van der Waals surface area (Å²) in [6.07, 6.45) is 7.99. The summed E-state index contributed by atoms with van der Waals surface area (Å²) in [6, 6.07) is 5.44. The smallest absolute Gasteiger partial charge is 0.269 e. The van der Waals surface area contributed by atoms with Gasteiger partial charge >= 0.3 is 0 Å². The summed E-state index contributed by atoms with van der Waals surface area (Å²) in [6.45, 7) is 4.07. The average molecular weight is 327 g/mol. The fraction of sp³-hybridized carbons (Fsp3) is 0.526. The van der Waals surface area contributed by atoms with E-state index in [2.05, 4.69) is 22.5 Å². The number of likely N-dealkylation sites (tertiary alicyclic amines) is 1. The third kappa shape index (κ3) is 4.02. The maximum absolute atomic E-state index is 12.5. The topological polar surface area (TPSA) is 62.3 Å². The largest absolute Gasteiger partial charge is 0.350 e. The molecule has 1 fully saturated rings. The number of nitrogens with one attached hydrogen (secondary N) is 1. The minimum Gasteiger partial charge on any atom is -0.350 e. The van der Waals surface area contributed by atoms with Crippen molar-refractivity contribution < 1.29 is 9.59 Å². The van der Waals surface area contributed by atoms with Crippen LogP contribution in [-0.2, 0) is 4.79 Å². The zero-order chi connectivity index (χ0) is 16.9. The number of hydrogen-bond acceptors (Lipinski definition) is 3. The van der Waals surface area contributed by atoms with Crippen molar-refractivity contribution >= 4 is 11.8 Å². The molecule has 0 saturated carbocycles. The highest BCUT2D eigenvalue weighted by Crippen LogP contribution is 2.24. The van der Waals surface area contributed by atoms with E-state index in [0.29, 0.717) is 18.2 Å². The Morgan fingerprint density at radius 1 is 1.29 bits per heavy atom. The molecule has 5 heteroatoms. The Bertz CT molecular complexity index is 633. The first-order valence-electron chi connectivity index (χ1n) is 8.79. The number of nitrogens with zero attached hydrogens (tertiary/aromatic N) is 2. The number of allylic oxidation sites excluding steroid dienone is 2. The van der Waals surface area contributed by atoms with Gasteiger partial charge in [0.25, 0.3) is 5.91 Å². The Labute approximate surface area is 143 Å². The van der Waals surface area contributed by atoms with E-state index in [4.69, 9.17) is 0 Å². The van der Waals surface area contributed by atoms with Crippen LogP contribution in [0.1, 0.15) is 41.9 Å². The van der Waals surface area contributed by atoms with Gasteiger partial charge in [-0.05, 0) is 50.7 Å². The lowest BCUT2D eigenvalue weighted by atomic mass is 9.95. The van der Waals surface area contributed by atoms with Crippen molar-refractivity contribution in [1.29, 1.82) is 0 Å². The summed E-state index contributed by atoms with van der Waals surface area (Å²) >= 11 is 0. The van der Waals surface area contributed by atoms with Crippen LogP contribution in [0.5, 0.6) is 0 Å². The number of pyridine rings is 1. The lowest BCUT2D eigenvalue weighted by molar-refractivity contribution is -0.136. The number of carbonyl (C=O) groups is 2. The van der Waals surface area contributed by atoms with E-state index < -0.39 is 0 Å². The summed E-state index contributed by atoms with van der Waals surface area (Å²) in [5.74, 6) is 0.596. The van der Waals surface area contributed by atoms with E-state index in [0.717, 1.165) is 44.5 Å². The number of aryl methyl sites for hydroxylation is 1. The fourth-order valence-corrected chi connectivity index (χ4v) is 3.51. The number of aromatic nitrogens is 1. The summed E-state index contributed by atoms with van der Waals surface area (Å²) in [4.78, 5) is 31.0. The van der Waals surface area contributed by atoms with Gasteiger partial charge < -0.3 is 10.2 Å². The molecule has 0 radical (unpaired) electrons. The first kappa shape index (κ1) is 16.7. The maximum atomic E-state index is 12.5. The molecule has 1 aromatic heterocycles. The van der Waals surface area contributed by atoms with Gasteiger partial charge in [0.05, 0.1) is 0 Å². The molecule has 2 amide bonds. The van der Waals surface area contributed by atoms with Gasteiger partial charge in [-0.1, -0.05) is 18.2 Å². The lowest BCUT2D eigenvalue weighted by Crippen LogP contribution is -2.45. The van der Waals surface area contributed by atoms with Crippen LogP contribution in [0.4, 0.5) is 0 Å². The molecule has 1 saturated heterocycles. The molecular weight excluding hydrogens is 302 g/mol. The van der Waals surface area contributed by atoms with Crippen LogP contribution in [-0.4, -0.2) is 41.3 Å². The Hall–Kier alpha value is -2.17. The van der Waals surface area contributed by atoms with Gasteiger partial charge in [0.2, 0.25) is 5.91 Å². The molecule has 1 N–H and O–H groups in total. The number of carbonyl (C=O) groups excluding carboxylic acids is 2. The van der Waals surface area contributed by atoms with E-state index in [1.165, 1.54) is 0 Å². The molecule has 0 aromatic carbocycles. The first-order valence-corrected chi connectivity index (χ1v) is 8.79. The average Bonchev–Trinajstić information content (AvgIpc) is 3.14. The molecule has 0 bridgehead atoms. The van der Waals surface area contributed by atoms with Crippen molar-refractivity contribution in [3.8, 4) is 0 Å². The normalized spacial score (nSPS) is 21.0. The Morgan fingerprint density at radius 3 is 2.83 bits per heavy atom. The minimum atomic E-state index is -0.137. The molecule has 24 heavy (non-hydrogen) atoms. The molecule has 1 aliphatic heterocycles. The van der Waals surface area contributed by atoms with E-state index >= 15 is 0 Å². The monoisotopic (exact) mass is 327 g/mol. The van der Waals surface area contributed by atoms with Gasteiger partial charge in [-0.15, -0.1) is 0 Å². The predicted molar refractivity (Wildman–Crippen MR) is 92.5 cm³/mol. The first-order chi connectivity index (χ1) is 11.6. The van der Waals surface area contributed by atoms with Crippen molar-refractivity contribution in [2.75, 3.05) is 19.6 Å². The molecule has 1 aromatic rings. The van der Waals surface area contributed by atoms with Gasteiger partial charge in [-0.25, -0.2) is 4.98 Å². The van der Waals surface area contributed by atoms with Gasteiger partial charge in [0.15, 0.2) is 0 Å². The molecule has 3 rings (SSSR count). The molecule has 0 spiro atoms. The fourth-order valence-electron chi connectivity index (χ4n) is 3.51. The van der Waals surface area contributed by atoms with Gasteiger partial charge in [-0.2, -0.15) is 0 Å². The van der Waals surface area contributed by atoms with Crippen molar-refractivity contribution in [1.82, 2.24) is 15.2 Å². The number of piperidine rings is 1. The summed E-state index contributed by atoms with van der Waals surface area (Å²) in [5.41, 5.74) is 1.29. The Morgan fingerprint density at radius 2 is 2.08 bits per heavy atom. The van der Waals surface area contributed by atoms with Gasteiger partial charge in [-0.3, -0.25) is 9.59 Å². The molecule has 128 valence electrons. The molecule has 2 aliphatic rings. The van der Waals surface area contributed by atoms with Crippen molar-refractivity contribution in [2.45, 2.75) is 32.6 Å². The number of rotatable bonds is 4. The second-order valence-corrected chi connectivity index (χ2v) is 6.81. The van der Waals surface area contributed by atoms with Crippen molar-refractivity contribution in [3.05, 3.63) is 41.7 Å².